The predicted octanol–water partition coefficient (Wildman–Crippen LogP) is 2.16. The molecule has 140 valence electrons. The van der Waals surface area contributed by atoms with Crippen molar-refractivity contribution in [1.82, 2.24) is 19.9 Å². The van der Waals surface area contributed by atoms with Gasteiger partial charge in [-0.2, -0.15) is 9.97 Å². The highest BCUT2D eigenvalue weighted by atomic mass is 16.6. The van der Waals surface area contributed by atoms with Crippen molar-refractivity contribution in [2.45, 2.75) is 0 Å². The van der Waals surface area contributed by atoms with Crippen LogP contribution in [0.3, 0.4) is 0 Å². The Hall–Kier alpha value is -3.95. The summed E-state index contributed by atoms with van der Waals surface area (Å²) in [7, 11) is 2.99. The zero-order valence-corrected chi connectivity index (χ0v) is 14.7. The Bertz CT molecular complexity index is 863. The lowest BCUT2D eigenvalue weighted by atomic mass is 10.3. The third kappa shape index (κ3) is 6.82. The molecule has 1 amide bonds. The van der Waals surface area contributed by atoms with Crippen molar-refractivity contribution in [3.63, 3.8) is 0 Å². The Morgan fingerprint density at radius 3 is 2.15 bits per heavy atom. The molecule has 0 fully saturated rings. The van der Waals surface area contributed by atoms with Crippen LogP contribution in [0.25, 0.3) is 0 Å². The van der Waals surface area contributed by atoms with Gasteiger partial charge in [-0.25, -0.2) is 4.79 Å². The molecular formula is C17H18N6O4. The molecule has 1 aromatic carbocycles. The van der Waals surface area contributed by atoms with Crippen molar-refractivity contribution in [2.75, 3.05) is 25.3 Å². The molecule has 0 aliphatic heterocycles. The van der Waals surface area contributed by atoms with Crippen molar-refractivity contribution in [1.29, 1.82) is 0 Å². The SMILES string of the molecule is COc1cncc(N)n1.COc1cncc(NC(=O)Oc2ccccc2)n1. The molecule has 0 saturated heterocycles. The molecule has 0 aliphatic carbocycles. The molecule has 0 atom stereocenters. The summed E-state index contributed by atoms with van der Waals surface area (Å²) in [4.78, 5) is 26.9. The first-order chi connectivity index (χ1) is 13.1. The number of rotatable bonds is 4. The van der Waals surface area contributed by atoms with E-state index in [1.165, 1.54) is 39.0 Å². The molecule has 3 N–H and O–H groups in total. The van der Waals surface area contributed by atoms with Crippen LogP contribution in [-0.4, -0.2) is 40.2 Å². The Kier molecular flexibility index (Phi) is 7.27. The number of hydrogen-bond acceptors (Lipinski definition) is 9. The zero-order chi connectivity index (χ0) is 19.5. The molecule has 27 heavy (non-hydrogen) atoms. The van der Waals surface area contributed by atoms with Gasteiger partial charge in [0, 0.05) is 0 Å². The third-order valence-corrected chi connectivity index (χ3v) is 2.85. The van der Waals surface area contributed by atoms with Gasteiger partial charge in [0.15, 0.2) is 5.82 Å². The average Bonchev–Trinajstić information content (AvgIpc) is 2.69. The summed E-state index contributed by atoms with van der Waals surface area (Å²) in [5, 5.41) is 2.45. The fourth-order valence-electron chi connectivity index (χ4n) is 1.69. The van der Waals surface area contributed by atoms with E-state index in [2.05, 4.69) is 25.3 Å². The van der Waals surface area contributed by atoms with Gasteiger partial charge in [0.1, 0.15) is 11.6 Å². The molecule has 10 heteroatoms. The molecule has 0 unspecified atom stereocenters. The summed E-state index contributed by atoms with van der Waals surface area (Å²) < 4.78 is 14.7. The molecule has 0 saturated carbocycles. The lowest BCUT2D eigenvalue weighted by molar-refractivity contribution is 0.215. The third-order valence-electron chi connectivity index (χ3n) is 2.85. The van der Waals surface area contributed by atoms with E-state index < -0.39 is 6.09 Å². The Labute approximate surface area is 155 Å². The van der Waals surface area contributed by atoms with Crippen LogP contribution in [0.5, 0.6) is 17.5 Å². The van der Waals surface area contributed by atoms with Gasteiger partial charge in [-0.05, 0) is 12.1 Å². The minimum atomic E-state index is -0.635. The van der Waals surface area contributed by atoms with Crippen molar-refractivity contribution in [3.05, 3.63) is 55.1 Å². The number of amides is 1. The van der Waals surface area contributed by atoms with Crippen LogP contribution in [0.4, 0.5) is 16.4 Å². The monoisotopic (exact) mass is 370 g/mol. The Balaban J connectivity index is 0.000000244. The number of carbonyl (C=O) groups excluding carboxylic acids is 1. The molecule has 3 rings (SSSR count). The van der Waals surface area contributed by atoms with E-state index in [1.54, 1.807) is 24.3 Å². The summed E-state index contributed by atoms with van der Waals surface area (Å²) in [5.74, 6) is 1.83. The molecular weight excluding hydrogens is 352 g/mol. The lowest BCUT2D eigenvalue weighted by Gasteiger charge is -2.06. The lowest BCUT2D eigenvalue weighted by Crippen LogP contribution is -2.17. The molecule has 0 bridgehead atoms. The van der Waals surface area contributed by atoms with Gasteiger partial charge in [-0.3, -0.25) is 15.3 Å². The number of nitrogens with two attached hydrogens (primary N) is 1. The number of hydrogen-bond donors (Lipinski definition) is 2. The highest BCUT2D eigenvalue weighted by Gasteiger charge is 2.06. The van der Waals surface area contributed by atoms with Gasteiger partial charge in [0.2, 0.25) is 11.8 Å². The van der Waals surface area contributed by atoms with Gasteiger partial charge in [0.05, 0.1) is 39.0 Å². The standard InChI is InChI=1S/C12H11N3O3.C5H7N3O/c1-17-11-8-13-7-10(14-11)15-12(16)18-9-5-3-2-4-6-9;1-9-5-3-7-2-4(6)8-5/h2-8H,1H3,(H,14,15,16);2-3H,1H3,(H2,6,8). The molecule has 10 nitrogen and oxygen atoms in total. The van der Waals surface area contributed by atoms with Crippen molar-refractivity contribution in [2.24, 2.45) is 0 Å². The first kappa shape index (κ1) is 19.4. The van der Waals surface area contributed by atoms with E-state index in [0.29, 0.717) is 23.3 Å². The number of nitrogen functional groups attached to an aromatic ring is 1. The normalized spacial score (nSPS) is 9.41. The molecule has 0 aliphatic rings. The Morgan fingerprint density at radius 1 is 0.926 bits per heavy atom. The number of ether oxygens (including phenoxy) is 3. The van der Waals surface area contributed by atoms with E-state index in [4.69, 9.17) is 19.9 Å². The fourth-order valence-corrected chi connectivity index (χ4v) is 1.69. The first-order valence-electron chi connectivity index (χ1n) is 7.62. The number of carbonyl (C=O) groups is 1. The van der Waals surface area contributed by atoms with E-state index in [0.717, 1.165) is 0 Å². The van der Waals surface area contributed by atoms with Gasteiger partial charge < -0.3 is 19.9 Å². The molecule has 2 aromatic heterocycles. The summed E-state index contributed by atoms with van der Waals surface area (Å²) in [5.41, 5.74) is 5.28. The molecule has 3 aromatic rings. The number of benzene rings is 1. The summed E-state index contributed by atoms with van der Waals surface area (Å²) in [6, 6.07) is 8.73. The van der Waals surface area contributed by atoms with E-state index in [-0.39, 0.29) is 5.82 Å². The summed E-state index contributed by atoms with van der Waals surface area (Å²) in [6.45, 7) is 0. The van der Waals surface area contributed by atoms with Crippen LogP contribution in [0.2, 0.25) is 0 Å². The van der Waals surface area contributed by atoms with Crippen molar-refractivity contribution < 1.29 is 19.0 Å². The van der Waals surface area contributed by atoms with Gasteiger partial charge in [0.25, 0.3) is 0 Å². The first-order valence-corrected chi connectivity index (χ1v) is 7.62. The molecule has 0 spiro atoms. The van der Waals surface area contributed by atoms with Crippen LogP contribution in [0.1, 0.15) is 0 Å². The summed E-state index contributed by atoms with van der Waals surface area (Å²) in [6.07, 6.45) is 5.16. The highest BCUT2D eigenvalue weighted by Crippen LogP contribution is 2.11. The summed E-state index contributed by atoms with van der Waals surface area (Å²) >= 11 is 0. The van der Waals surface area contributed by atoms with E-state index in [9.17, 15) is 4.79 Å². The molecule has 2 heterocycles. The number of anilines is 2. The Morgan fingerprint density at radius 2 is 1.56 bits per heavy atom. The second-order valence-corrected chi connectivity index (χ2v) is 4.76. The quantitative estimate of drug-likeness (QED) is 0.708. The number of nitrogens with zero attached hydrogens (tertiary/aromatic N) is 4. The van der Waals surface area contributed by atoms with Crippen LogP contribution < -0.4 is 25.3 Å². The van der Waals surface area contributed by atoms with Gasteiger partial charge in [-0.15, -0.1) is 0 Å². The predicted molar refractivity (Wildman–Crippen MR) is 97.7 cm³/mol. The number of methoxy groups -OCH3 is 2. The van der Waals surface area contributed by atoms with Gasteiger partial charge in [-0.1, -0.05) is 18.2 Å². The topological polar surface area (TPSA) is 134 Å². The largest absolute Gasteiger partial charge is 0.480 e. The van der Waals surface area contributed by atoms with Crippen LogP contribution >= 0.6 is 0 Å². The smallest absolute Gasteiger partial charge is 0.418 e. The number of para-hydroxylation sites is 1. The fraction of sp³-hybridized carbons (Fsp3) is 0.118. The second kappa shape index (κ2) is 10.1. The van der Waals surface area contributed by atoms with Crippen molar-refractivity contribution in [3.8, 4) is 17.5 Å². The van der Waals surface area contributed by atoms with E-state index >= 15 is 0 Å². The van der Waals surface area contributed by atoms with Crippen molar-refractivity contribution >= 4 is 17.7 Å². The maximum Gasteiger partial charge on any atom is 0.418 e. The van der Waals surface area contributed by atoms with E-state index in [1.807, 2.05) is 6.07 Å². The maximum atomic E-state index is 11.5. The minimum Gasteiger partial charge on any atom is -0.480 e. The molecule has 0 radical (unpaired) electrons. The highest BCUT2D eigenvalue weighted by molar-refractivity contribution is 5.84. The number of nitrogens with one attached hydrogen (secondary N) is 1. The maximum absolute atomic E-state index is 11.5. The number of aromatic nitrogens is 4. The zero-order valence-electron chi connectivity index (χ0n) is 14.7. The van der Waals surface area contributed by atoms with Crippen LogP contribution in [0, 0.1) is 0 Å². The van der Waals surface area contributed by atoms with Gasteiger partial charge >= 0.3 is 6.09 Å². The van der Waals surface area contributed by atoms with Crippen LogP contribution in [-0.2, 0) is 0 Å². The minimum absolute atomic E-state index is 0.260. The second-order valence-electron chi connectivity index (χ2n) is 4.76. The van der Waals surface area contributed by atoms with Crippen LogP contribution in [0.15, 0.2) is 55.1 Å². The average molecular weight is 370 g/mol.